The minimum atomic E-state index is -0.798. The van der Waals surface area contributed by atoms with Crippen LogP contribution in [-0.4, -0.2) is 29.1 Å². The van der Waals surface area contributed by atoms with E-state index in [0.29, 0.717) is 13.1 Å². The minimum Gasteiger partial charge on any atom is -0.481 e. The molecule has 4 nitrogen and oxygen atoms in total. The molecule has 0 fully saturated rings. The zero-order valence-corrected chi connectivity index (χ0v) is 10.3. The van der Waals surface area contributed by atoms with E-state index in [1.165, 1.54) is 0 Å². The van der Waals surface area contributed by atoms with Crippen LogP contribution < -0.4 is 4.90 Å². The maximum Gasteiger partial charge on any atom is 0.308 e. The van der Waals surface area contributed by atoms with Crippen LogP contribution in [0.1, 0.15) is 12.5 Å². The first kappa shape index (κ1) is 13.2. The van der Waals surface area contributed by atoms with Gasteiger partial charge >= 0.3 is 5.97 Å². The van der Waals surface area contributed by atoms with Crippen LogP contribution in [0.4, 0.5) is 5.82 Å². The average Bonchev–Trinajstić information content (AvgIpc) is 2.29. The third-order valence-electron chi connectivity index (χ3n) is 2.55. The Morgan fingerprint density at radius 3 is 2.94 bits per heavy atom. The molecule has 0 bridgehead atoms. The predicted octanol–water partition coefficient (Wildman–Crippen LogP) is 2.10. The van der Waals surface area contributed by atoms with Crippen molar-refractivity contribution in [1.82, 2.24) is 4.98 Å². The summed E-state index contributed by atoms with van der Waals surface area (Å²) < 4.78 is 0. The summed E-state index contributed by atoms with van der Waals surface area (Å²) in [5.74, 6) is -0.412. The highest BCUT2D eigenvalue weighted by molar-refractivity contribution is 5.70. The molecule has 1 aromatic heterocycles. The fraction of sp³-hybridized carbons (Fsp3) is 0.385. The molecule has 1 N–H and O–H groups in total. The SMILES string of the molecule is C=CCN(CC(C)C(=O)O)c1ncccc1C. The molecule has 0 radical (unpaired) electrons. The molecule has 0 aromatic carbocycles. The number of aliphatic carboxylic acids is 1. The highest BCUT2D eigenvalue weighted by atomic mass is 16.4. The van der Waals surface area contributed by atoms with E-state index in [1.54, 1.807) is 19.2 Å². The van der Waals surface area contributed by atoms with Gasteiger partial charge in [0.25, 0.3) is 0 Å². The quantitative estimate of drug-likeness (QED) is 0.766. The molecule has 1 rings (SSSR count). The number of carboxylic acids is 1. The highest BCUT2D eigenvalue weighted by Gasteiger charge is 2.17. The molecular weight excluding hydrogens is 216 g/mol. The lowest BCUT2D eigenvalue weighted by molar-refractivity contribution is -0.140. The Balaban J connectivity index is 2.89. The van der Waals surface area contributed by atoms with Gasteiger partial charge in [0.2, 0.25) is 0 Å². The lowest BCUT2D eigenvalue weighted by Crippen LogP contribution is -2.33. The molecular formula is C13H18N2O2. The number of rotatable bonds is 6. The molecule has 0 spiro atoms. The molecule has 1 atom stereocenters. The molecule has 92 valence electrons. The number of aryl methyl sites for hydroxylation is 1. The van der Waals surface area contributed by atoms with Crippen molar-refractivity contribution in [2.75, 3.05) is 18.0 Å². The molecule has 0 aliphatic carbocycles. The number of aromatic nitrogens is 1. The normalized spacial score (nSPS) is 11.9. The zero-order chi connectivity index (χ0) is 12.8. The monoisotopic (exact) mass is 234 g/mol. The van der Waals surface area contributed by atoms with E-state index in [4.69, 9.17) is 5.11 Å². The Hall–Kier alpha value is -1.84. The van der Waals surface area contributed by atoms with Crippen molar-refractivity contribution in [2.24, 2.45) is 5.92 Å². The van der Waals surface area contributed by atoms with E-state index in [0.717, 1.165) is 11.4 Å². The first-order valence-corrected chi connectivity index (χ1v) is 5.56. The fourth-order valence-corrected chi connectivity index (χ4v) is 1.62. The van der Waals surface area contributed by atoms with E-state index in [-0.39, 0.29) is 0 Å². The number of pyridine rings is 1. The van der Waals surface area contributed by atoms with E-state index < -0.39 is 11.9 Å². The lowest BCUT2D eigenvalue weighted by Gasteiger charge is -2.25. The standard InChI is InChI=1S/C13H18N2O2/c1-4-8-15(9-11(3)13(16)17)12-10(2)6-5-7-14-12/h4-7,11H,1,8-9H2,2-3H3,(H,16,17). The molecule has 0 aliphatic rings. The summed E-state index contributed by atoms with van der Waals surface area (Å²) in [5.41, 5.74) is 1.03. The summed E-state index contributed by atoms with van der Waals surface area (Å²) in [6.07, 6.45) is 3.46. The second-order valence-corrected chi connectivity index (χ2v) is 4.08. The van der Waals surface area contributed by atoms with Gasteiger partial charge < -0.3 is 10.0 Å². The van der Waals surface area contributed by atoms with Crippen LogP contribution in [0.15, 0.2) is 31.0 Å². The van der Waals surface area contributed by atoms with Crippen LogP contribution in [0.5, 0.6) is 0 Å². The molecule has 1 heterocycles. The van der Waals surface area contributed by atoms with E-state index >= 15 is 0 Å². The largest absolute Gasteiger partial charge is 0.481 e. The van der Waals surface area contributed by atoms with Crippen molar-refractivity contribution in [3.63, 3.8) is 0 Å². The Labute approximate surface area is 102 Å². The lowest BCUT2D eigenvalue weighted by atomic mass is 10.1. The van der Waals surface area contributed by atoms with E-state index in [1.807, 2.05) is 24.0 Å². The van der Waals surface area contributed by atoms with Gasteiger partial charge in [0.05, 0.1) is 5.92 Å². The van der Waals surface area contributed by atoms with Gasteiger partial charge in [-0.1, -0.05) is 19.1 Å². The van der Waals surface area contributed by atoms with Crippen molar-refractivity contribution in [2.45, 2.75) is 13.8 Å². The van der Waals surface area contributed by atoms with Gasteiger partial charge in [-0.05, 0) is 18.6 Å². The van der Waals surface area contributed by atoms with Gasteiger partial charge in [-0.25, -0.2) is 4.98 Å². The Kier molecular flexibility index (Phi) is 4.69. The smallest absolute Gasteiger partial charge is 0.308 e. The van der Waals surface area contributed by atoms with Gasteiger partial charge in [-0.15, -0.1) is 6.58 Å². The topological polar surface area (TPSA) is 53.4 Å². The second-order valence-electron chi connectivity index (χ2n) is 4.08. The third kappa shape index (κ3) is 3.59. The predicted molar refractivity (Wildman–Crippen MR) is 68.2 cm³/mol. The fourth-order valence-electron chi connectivity index (χ4n) is 1.62. The Bertz CT molecular complexity index is 404. The van der Waals surface area contributed by atoms with Crippen LogP contribution in [0, 0.1) is 12.8 Å². The van der Waals surface area contributed by atoms with Crippen LogP contribution in [0.2, 0.25) is 0 Å². The Morgan fingerprint density at radius 2 is 2.41 bits per heavy atom. The molecule has 17 heavy (non-hydrogen) atoms. The average molecular weight is 234 g/mol. The van der Waals surface area contributed by atoms with Crippen molar-refractivity contribution in [3.8, 4) is 0 Å². The molecule has 0 saturated heterocycles. The zero-order valence-electron chi connectivity index (χ0n) is 10.3. The second kappa shape index (κ2) is 6.03. The van der Waals surface area contributed by atoms with Crippen molar-refractivity contribution >= 4 is 11.8 Å². The number of nitrogens with zero attached hydrogens (tertiary/aromatic N) is 2. The maximum atomic E-state index is 10.9. The number of anilines is 1. The molecule has 1 unspecified atom stereocenters. The van der Waals surface area contributed by atoms with Crippen LogP contribution in [-0.2, 0) is 4.79 Å². The number of hydrogen-bond donors (Lipinski definition) is 1. The first-order chi connectivity index (χ1) is 8.06. The maximum absolute atomic E-state index is 10.9. The molecule has 0 aliphatic heterocycles. The number of carbonyl (C=O) groups is 1. The third-order valence-corrected chi connectivity index (χ3v) is 2.55. The van der Waals surface area contributed by atoms with Crippen molar-refractivity contribution < 1.29 is 9.90 Å². The van der Waals surface area contributed by atoms with Gasteiger partial charge in [0.1, 0.15) is 5.82 Å². The van der Waals surface area contributed by atoms with Crippen LogP contribution >= 0.6 is 0 Å². The van der Waals surface area contributed by atoms with Gasteiger partial charge in [-0.2, -0.15) is 0 Å². The number of carboxylic acid groups (broad SMARTS) is 1. The minimum absolute atomic E-state index is 0.430. The first-order valence-electron chi connectivity index (χ1n) is 5.56. The molecule has 0 amide bonds. The molecule has 4 heteroatoms. The highest BCUT2D eigenvalue weighted by Crippen LogP contribution is 2.17. The summed E-state index contributed by atoms with van der Waals surface area (Å²) >= 11 is 0. The Morgan fingerprint density at radius 1 is 1.71 bits per heavy atom. The van der Waals surface area contributed by atoms with Gasteiger partial charge in [0, 0.05) is 19.3 Å². The summed E-state index contributed by atoms with van der Waals surface area (Å²) in [6, 6.07) is 3.83. The molecule has 1 aromatic rings. The van der Waals surface area contributed by atoms with Crippen LogP contribution in [0.25, 0.3) is 0 Å². The van der Waals surface area contributed by atoms with E-state index in [2.05, 4.69) is 11.6 Å². The van der Waals surface area contributed by atoms with Gasteiger partial charge in [-0.3, -0.25) is 4.79 Å². The molecule has 0 saturated carbocycles. The number of hydrogen-bond acceptors (Lipinski definition) is 3. The summed E-state index contributed by atoms with van der Waals surface area (Å²) in [5, 5.41) is 8.94. The summed E-state index contributed by atoms with van der Waals surface area (Å²) in [4.78, 5) is 17.1. The van der Waals surface area contributed by atoms with E-state index in [9.17, 15) is 4.79 Å². The summed E-state index contributed by atoms with van der Waals surface area (Å²) in [7, 11) is 0. The summed E-state index contributed by atoms with van der Waals surface area (Å²) in [6.45, 7) is 8.37. The van der Waals surface area contributed by atoms with Crippen molar-refractivity contribution in [3.05, 3.63) is 36.5 Å². The van der Waals surface area contributed by atoms with Crippen molar-refractivity contribution in [1.29, 1.82) is 0 Å². The van der Waals surface area contributed by atoms with Gasteiger partial charge in [0.15, 0.2) is 0 Å². The van der Waals surface area contributed by atoms with Crippen LogP contribution in [0.3, 0.4) is 0 Å².